The SMILES string of the molecule is CNC1CCCC1CCN1Cc2ccccc2C1. The zero-order valence-electron chi connectivity index (χ0n) is 11.4. The molecular formula is C16H24N2. The summed E-state index contributed by atoms with van der Waals surface area (Å²) in [7, 11) is 2.12. The first-order valence-electron chi connectivity index (χ1n) is 7.33. The highest BCUT2D eigenvalue weighted by Gasteiger charge is 2.27. The lowest BCUT2D eigenvalue weighted by Crippen LogP contribution is -2.31. The van der Waals surface area contributed by atoms with Gasteiger partial charge in [-0.05, 0) is 49.9 Å². The smallest absolute Gasteiger partial charge is 0.0240 e. The van der Waals surface area contributed by atoms with Crippen LogP contribution in [0.25, 0.3) is 0 Å². The summed E-state index contributed by atoms with van der Waals surface area (Å²) in [4.78, 5) is 2.61. The number of hydrogen-bond donors (Lipinski definition) is 1. The molecule has 98 valence electrons. The van der Waals surface area contributed by atoms with Crippen molar-refractivity contribution in [3.05, 3.63) is 35.4 Å². The molecule has 1 N–H and O–H groups in total. The Balaban J connectivity index is 1.51. The van der Waals surface area contributed by atoms with Gasteiger partial charge in [0.15, 0.2) is 0 Å². The van der Waals surface area contributed by atoms with Crippen LogP contribution in [-0.4, -0.2) is 24.5 Å². The van der Waals surface area contributed by atoms with Gasteiger partial charge in [0.05, 0.1) is 0 Å². The molecule has 2 aliphatic rings. The van der Waals surface area contributed by atoms with Gasteiger partial charge in [-0.3, -0.25) is 4.90 Å². The Labute approximate surface area is 110 Å². The summed E-state index contributed by atoms with van der Waals surface area (Å²) >= 11 is 0. The van der Waals surface area contributed by atoms with Crippen molar-refractivity contribution in [3.63, 3.8) is 0 Å². The number of rotatable bonds is 4. The van der Waals surface area contributed by atoms with Gasteiger partial charge in [0.1, 0.15) is 0 Å². The topological polar surface area (TPSA) is 15.3 Å². The molecule has 1 aromatic carbocycles. The zero-order chi connectivity index (χ0) is 12.4. The first-order chi connectivity index (χ1) is 8.86. The van der Waals surface area contributed by atoms with Gasteiger partial charge in [-0.1, -0.05) is 30.7 Å². The summed E-state index contributed by atoms with van der Waals surface area (Å²) in [6.45, 7) is 3.58. The van der Waals surface area contributed by atoms with Crippen molar-refractivity contribution in [2.45, 2.75) is 44.8 Å². The minimum atomic E-state index is 0.773. The normalized spacial score (nSPS) is 27.6. The summed E-state index contributed by atoms with van der Waals surface area (Å²) in [5, 5.41) is 3.49. The molecule has 2 nitrogen and oxygen atoms in total. The van der Waals surface area contributed by atoms with Crippen molar-refractivity contribution >= 4 is 0 Å². The molecule has 0 bridgehead atoms. The van der Waals surface area contributed by atoms with Crippen molar-refractivity contribution in [1.29, 1.82) is 0 Å². The van der Waals surface area contributed by atoms with Gasteiger partial charge in [0.25, 0.3) is 0 Å². The fraction of sp³-hybridized carbons (Fsp3) is 0.625. The van der Waals surface area contributed by atoms with Gasteiger partial charge < -0.3 is 5.32 Å². The van der Waals surface area contributed by atoms with E-state index in [4.69, 9.17) is 0 Å². The lowest BCUT2D eigenvalue weighted by molar-refractivity contribution is 0.248. The molecule has 2 unspecified atom stereocenters. The van der Waals surface area contributed by atoms with E-state index in [1.54, 1.807) is 0 Å². The molecule has 1 aliphatic heterocycles. The van der Waals surface area contributed by atoms with E-state index in [1.165, 1.54) is 43.4 Å². The minimum absolute atomic E-state index is 0.773. The summed E-state index contributed by atoms with van der Waals surface area (Å²) in [6, 6.07) is 9.66. The van der Waals surface area contributed by atoms with E-state index >= 15 is 0 Å². The molecule has 3 rings (SSSR count). The number of fused-ring (bicyclic) bond motifs is 1. The van der Waals surface area contributed by atoms with E-state index in [1.807, 2.05) is 0 Å². The Hall–Kier alpha value is -0.860. The van der Waals surface area contributed by atoms with E-state index in [9.17, 15) is 0 Å². The van der Waals surface area contributed by atoms with Crippen molar-refractivity contribution in [1.82, 2.24) is 10.2 Å². The van der Waals surface area contributed by atoms with Gasteiger partial charge in [-0.25, -0.2) is 0 Å². The monoisotopic (exact) mass is 244 g/mol. The van der Waals surface area contributed by atoms with Gasteiger partial charge in [-0.2, -0.15) is 0 Å². The number of nitrogens with one attached hydrogen (secondary N) is 1. The third-order valence-electron chi connectivity index (χ3n) is 4.75. The second-order valence-corrected chi connectivity index (χ2v) is 5.85. The molecular weight excluding hydrogens is 220 g/mol. The average molecular weight is 244 g/mol. The first-order valence-corrected chi connectivity index (χ1v) is 7.33. The molecule has 1 aromatic rings. The van der Waals surface area contributed by atoms with E-state index < -0.39 is 0 Å². The van der Waals surface area contributed by atoms with Crippen LogP contribution in [-0.2, 0) is 13.1 Å². The predicted molar refractivity (Wildman–Crippen MR) is 75.4 cm³/mol. The Kier molecular flexibility index (Phi) is 3.67. The lowest BCUT2D eigenvalue weighted by atomic mass is 9.99. The highest BCUT2D eigenvalue weighted by Crippen LogP contribution is 2.30. The second-order valence-electron chi connectivity index (χ2n) is 5.85. The van der Waals surface area contributed by atoms with Gasteiger partial charge >= 0.3 is 0 Å². The zero-order valence-corrected chi connectivity index (χ0v) is 11.4. The van der Waals surface area contributed by atoms with E-state index in [0.717, 1.165) is 25.0 Å². The van der Waals surface area contributed by atoms with Crippen molar-refractivity contribution in [2.24, 2.45) is 5.92 Å². The molecule has 0 radical (unpaired) electrons. The van der Waals surface area contributed by atoms with Gasteiger partial charge in [0.2, 0.25) is 0 Å². The van der Waals surface area contributed by atoms with E-state index in [0.29, 0.717) is 0 Å². The Morgan fingerprint density at radius 3 is 2.56 bits per heavy atom. The summed E-state index contributed by atoms with van der Waals surface area (Å²) in [5.41, 5.74) is 3.07. The fourth-order valence-corrected chi connectivity index (χ4v) is 3.67. The van der Waals surface area contributed by atoms with Crippen LogP contribution in [0.5, 0.6) is 0 Å². The largest absolute Gasteiger partial charge is 0.317 e. The van der Waals surface area contributed by atoms with Crippen LogP contribution in [0.15, 0.2) is 24.3 Å². The Morgan fingerprint density at radius 1 is 1.17 bits per heavy atom. The maximum Gasteiger partial charge on any atom is 0.0240 e. The molecule has 0 saturated heterocycles. The van der Waals surface area contributed by atoms with Crippen LogP contribution in [0.2, 0.25) is 0 Å². The second kappa shape index (κ2) is 5.41. The first kappa shape index (κ1) is 12.2. The van der Waals surface area contributed by atoms with Gasteiger partial charge in [-0.15, -0.1) is 0 Å². The maximum absolute atomic E-state index is 3.49. The number of hydrogen-bond acceptors (Lipinski definition) is 2. The predicted octanol–water partition coefficient (Wildman–Crippen LogP) is 2.78. The molecule has 0 aromatic heterocycles. The molecule has 1 aliphatic carbocycles. The van der Waals surface area contributed by atoms with Crippen LogP contribution < -0.4 is 5.32 Å². The fourth-order valence-electron chi connectivity index (χ4n) is 3.67. The molecule has 18 heavy (non-hydrogen) atoms. The van der Waals surface area contributed by atoms with Crippen LogP contribution in [0.4, 0.5) is 0 Å². The van der Waals surface area contributed by atoms with E-state index in [-0.39, 0.29) is 0 Å². The molecule has 1 saturated carbocycles. The van der Waals surface area contributed by atoms with Crippen LogP contribution >= 0.6 is 0 Å². The molecule has 0 amide bonds. The molecule has 0 spiro atoms. The van der Waals surface area contributed by atoms with Crippen molar-refractivity contribution in [3.8, 4) is 0 Å². The number of benzene rings is 1. The third kappa shape index (κ3) is 2.45. The highest BCUT2D eigenvalue weighted by molar-refractivity contribution is 5.30. The molecule has 1 fully saturated rings. The quantitative estimate of drug-likeness (QED) is 0.876. The van der Waals surface area contributed by atoms with Crippen LogP contribution in [0.1, 0.15) is 36.8 Å². The summed E-state index contributed by atoms with van der Waals surface area (Å²) < 4.78 is 0. The van der Waals surface area contributed by atoms with Crippen LogP contribution in [0.3, 0.4) is 0 Å². The highest BCUT2D eigenvalue weighted by atomic mass is 15.1. The Bertz CT molecular complexity index is 377. The minimum Gasteiger partial charge on any atom is -0.317 e. The van der Waals surface area contributed by atoms with Gasteiger partial charge in [0, 0.05) is 19.1 Å². The molecule has 2 atom stereocenters. The van der Waals surface area contributed by atoms with Crippen LogP contribution in [0, 0.1) is 5.92 Å². The molecule has 2 heteroatoms. The summed E-state index contributed by atoms with van der Waals surface area (Å²) in [6.07, 6.45) is 5.57. The molecule has 1 heterocycles. The maximum atomic E-state index is 3.49. The van der Waals surface area contributed by atoms with E-state index in [2.05, 4.69) is 41.5 Å². The third-order valence-corrected chi connectivity index (χ3v) is 4.75. The number of nitrogens with zero attached hydrogens (tertiary/aromatic N) is 1. The summed E-state index contributed by atoms with van der Waals surface area (Å²) in [5.74, 6) is 0.902. The standard InChI is InChI=1S/C16H24N2/c1-17-16-8-4-7-13(16)9-10-18-11-14-5-2-3-6-15(14)12-18/h2-3,5-6,13,16-17H,4,7-12H2,1H3. The van der Waals surface area contributed by atoms with Crippen molar-refractivity contribution < 1.29 is 0 Å². The Morgan fingerprint density at radius 2 is 1.89 bits per heavy atom. The average Bonchev–Trinajstić information content (AvgIpc) is 3.01. The lowest BCUT2D eigenvalue weighted by Gasteiger charge is -2.22. The van der Waals surface area contributed by atoms with Crippen molar-refractivity contribution in [2.75, 3.05) is 13.6 Å².